The Morgan fingerprint density at radius 1 is 1.10 bits per heavy atom. The number of nitrogens with one attached hydrogen (secondary N) is 1. The van der Waals surface area contributed by atoms with Gasteiger partial charge in [0.15, 0.2) is 0 Å². The van der Waals surface area contributed by atoms with Gasteiger partial charge in [0, 0.05) is 29.9 Å². The van der Waals surface area contributed by atoms with E-state index < -0.39 is 0 Å². The summed E-state index contributed by atoms with van der Waals surface area (Å²) in [5.74, 6) is 2.58. The molecule has 6 nitrogen and oxygen atoms in total. The highest BCUT2D eigenvalue weighted by molar-refractivity contribution is 6.32. The van der Waals surface area contributed by atoms with E-state index in [2.05, 4.69) is 29.1 Å². The van der Waals surface area contributed by atoms with E-state index >= 15 is 0 Å². The number of anilines is 3. The van der Waals surface area contributed by atoms with Gasteiger partial charge in [-0.2, -0.15) is 4.98 Å². The average molecular weight is 413 g/mol. The lowest BCUT2D eigenvalue weighted by atomic mass is 9.93. The number of rotatable bonds is 7. The number of methoxy groups -OCH3 is 2. The second kappa shape index (κ2) is 9.01. The SMILES string of the molecule is COc1cccc(Nc2ncc(Cc3cc(Cl)c(OC)cc3C(C)C)c(N)n2)c1. The highest BCUT2D eigenvalue weighted by Crippen LogP contribution is 2.33. The third-order valence-electron chi connectivity index (χ3n) is 4.64. The fourth-order valence-electron chi connectivity index (χ4n) is 3.11. The number of hydrogen-bond acceptors (Lipinski definition) is 6. The van der Waals surface area contributed by atoms with Gasteiger partial charge in [-0.25, -0.2) is 4.98 Å². The van der Waals surface area contributed by atoms with Gasteiger partial charge in [-0.15, -0.1) is 0 Å². The van der Waals surface area contributed by atoms with Gasteiger partial charge in [0.1, 0.15) is 17.3 Å². The van der Waals surface area contributed by atoms with Crippen molar-refractivity contribution in [2.75, 3.05) is 25.3 Å². The Morgan fingerprint density at radius 3 is 2.55 bits per heavy atom. The molecule has 3 N–H and O–H groups in total. The van der Waals surface area contributed by atoms with Crippen molar-refractivity contribution in [3.8, 4) is 11.5 Å². The number of halogens is 1. The molecule has 0 spiro atoms. The minimum Gasteiger partial charge on any atom is -0.497 e. The smallest absolute Gasteiger partial charge is 0.229 e. The largest absolute Gasteiger partial charge is 0.497 e. The Hall–Kier alpha value is -2.99. The number of benzene rings is 2. The summed E-state index contributed by atoms with van der Waals surface area (Å²) in [6.07, 6.45) is 2.33. The molecule has 7 heteroatoms. The first kappa shape index (κ1) is 20.7. The number of nitrogens with two attached hydrogens (primary N) is 1. The summed E-state index contributed by atoms with van der Waals surface area (Å²) in [5, 5.41) is 3.72. The summed E-state index contributed by atoms with van der Waals surface area (Å²) < 4.78 is 10.6. The van der Waals surface area contributed by atoms with E-state index in [4.69, 9.17) is 26.8 Å². The van der Waals surface area contributed by atoms with Crippen LogP contribution in [0.15, 0.2) is 42.6 Å². The second-order valence-corrected chi connectivity index (χ2v) is 7.39. The molecule has 0 atom stereocenters. The van der Waals surface area contributed by atoms with Crippen molar-refractivity contribution in [2.24, 2.45) is 0 Å². The van der Waals surface area contributed by atoms with Crippen LogP contribution < -0.4 is 20.5 Å². The van der Waals surface area contributed by atoms with Gasteiger partial charge in [-0.3, -0.25) is 0 Å². The summed E-state index contributed by atoms with van der Waals surface area (Å²) in [7, 11) is 3.24. The highest BCUT2D eigenvalue weighted by atomic mass is 35.5. The molecule has 0 fully saturated rings. The molecule has 0 aliphatic rings. The number of nitrogen functional groups attached to an aromatic ring is 1. The van der Waals surface area contributed by atoms with Crippen molar-refractivity contribution in [3.63, 3.8) is 0 Å². The van der Waals surface area contributed by atoms with Crippen molar-refractivity contribution >= 4 is 29.1 Å². The van der Waals surface area contributed by atoms with Crippen LogP contribution in [0.25, 0.3) is 0 Å². The molecule has 2 aromatic carbocycles. The summed E-state index contributed by atoms with van der Waals surface area (Å²) in [6.45, 7) is 4.26. The van der Waals surface area contributed by atoms with Crippen molar-refractivity contribution in [1.82, 2.24) is 9.97 Å². The highest BCUT2D eigenvalue weighted by Gasteiger charge is 2.15. The topological polar surface area (TPSA) is 82.3 Å². The van der Waals surface area contributed by atoms with E-state index in [-0.39, 0.29) is 0 Å². The predicted octanol–water partition coefficient (Wildman–Crippen LogP) is 5.19. The Morgan fingerprint density at radius 2 is 1.90 bits per heavy atom. The van der Waals surface area contributed by atoms with Gasteiger partial charge in [-0.1, -0.05) is 31.5 Å². The monoisotopic (exact) mass is 412 g/mol. The fraction of sp³-hybridized carbons (Fsp3) is 0.273. The van der Waals surface area contributed by atoms with Crippen LogP contribution in [0, 0.1) is 0 Å². The summed E-state index contributed by atoms with van der Waals surface area (Å²) in [4.78, 5) is 8.82. The van der Waals surface area contributed by atoms with E-state index in [0.29, 0.717) is 34.9 Å². The standard InChI is InChI=1S/C22H25ClN4O2/c1-13(2)18-11-20(29-4)19(23)9-14(18)8-15-12-25-22(27-21(15)24)26-16-6-5-7-17(10-16)28-3/h5-7,9-13H,8H2,1-4H3,(H3,24,25,26,27). The Bertz CT molecular complexity index is 1010. The number of hydrogen-bond donors (Lipinski definition) is 2. The van der Waals surface area contributed by atoms with Crippen LogP contribution in [0.4, 0.5) is 17.5 Å². The quantitative estimate of drug-likeness (QED) is 0.555. The molecule has 0 saturated heterocycles. The van der Waals surface area contributed by atoms with Crippen LogP contribution in [0.1, 0.15) is 36.5 Å². The first-order valence-electron chi connectivity index (χ1n) is 9.30. The average Bonchev–Trinajstić information content (AvgIpc) is 2.70. The third-order valence-corrected chi connectivity index (χ3v) is 4.94. The summed E-state index contributed by atoms with van der Waals surface area (Å²) in [6, 6.07) is 11.4. The van der Waals surface area contributed by atoms with Gasteiger partial charge >= 0.3 is 0 Å². The molecule has 0 amide bonds. The molecule has 3 aromatic rings. The van der Waals surface area contributed by atoms with E-state index in [9.17, 15) is 0 Å². The molecule has 0 aliphatic heterocycles. The Labute approximate surface area is 176 Å². The first-order chi connectivity index (χ1) is 13.9. The van der Waals surface area contributed by atoms with Crippen LogP contribution in [-0.2, 0) is 6.42 Å². The molecule has 0 bridgehead atoms. The van der Waals surface area contributed by atoms with Crippen molar-refractivity contribution in [2.45, 2.75) is 26.2 Å². The van der Waals surface area contributed by atoms with Crippen molar-refractivity contribution < 1.29 is 9.47 Å². The molecular weight excluding hydrogens is 388 g/mol. The van der Waals surface area contributed by atoms with Crippen molar-refractivity contribution in [3.05, 3.63) is 64.3 Å². The lowest BCUT2D eigenvalue weighted by Gasteiger charge is -2.16. The van der Waals surface area contributed by atoms with Gasteiger partial charge in [0.2, 0.25) is 5.95 Å². The maximum atomic E-state index is 6.34. The zero-order valence-corrected chi connectivity index (χ0v) is 17.7. The normalized spacial score (nSPS) is 10.8. The van der Waals surface area contributed by atoms with E-state index in [1.807, 2.05) is 36.4 Å². The van der Waals surface area contributed by atoms with Crippen molar-refractivity contribution in [1.29, 1.82) is 0 Å². The molecular formula is C22H25ClN4O2. The van der Waals surface area contributed by atoms with Crippen LogP contribution in [0.3, 0.4) is 0 Å². The summed E-state index contributed by atoms with van der Waals surface area (Å²) in [5.41, 5.74) is 10.1. The Balaban J connectivity index is 1.85. The molecule has 1 aromatic heterocycles. The van der Waals surface area contributed by atoms with Crippen LogP contribution >= 0.6 is 11.6 Å². The first-order valence-corrected chi connectivity index (χ1v) is 9.67. The predicted molar refractivity (Wildman–Crippen MR) is 118 cm³/mol. The van der Waals surface area contributed by atoms with Gasteiger partial charge in [-0.05, 0) is 41.3 Å². The molecule has 0 saturated carbocycles. The lowest BCUT2D eigenvalue weighted by Crippen LogP contribution is -2.06. The fourth-order valence-corrected chi connectivity index (χ4v) is 3.37. The molecule has 1 heterocycles. The van der Waals surface area contributed by atoms with Gasteiger partial charge in [0.05, 0.1) is 19.2 Å². The number of ether oxygens (including phenoxy) is 2. The zero-order chi connectivity index (χ0) is 21.0. The molecule has 152 valence electrons. The molecule has 3 rings (SSSR count). The Kier molecular flexibility index (Phi) is 6.44. The summed E-state index contributed by atoms with van der Waals surface area (Å²) >= 11 is 6.34. The lowest BCUT2D eigenvalue weighted by molar-refractivity contribution is 0.414. The molecule has 0 aliphatic carbocycles. The minimum absolute atomic E-state index is 0.312. The minimum atomic E-state index is 0.312. The van der Waals surface area contributed by atoms with Crippen LogP contribution in [0.5, 0.6) is 11.5 Å². The third kappa shape index (κ3) is 4.90. The van der Waals surface area contributed by atoms with Crippen LogP contribution in [-0.4, -0.2) is 24.2 Å². The van der Waals surface area contributed by atoms with Crippen LogP contribution in [0.2, 0.25) is 5.02 Å². The molecule has 0 unspecified atom stereocenters. The number of aromatic nitrogens is 2. The van der Waals surface area contributed by atoms with E-state index in [0.717, 1.165) is 28.1 Å². The zero-order valence-electron chi connectivity index (χ0n) is 17.0. The molecule has 29 heavy (non-hydrogen) atoms. The second-order valence-electron chi connectivity index (χ2n) is 6.98. The number of nitrogens with zero attached hydrogens (tertiary/aromatic N) is 2. The van der Waals surface area contributed by atoms with Gasteiger partial charge < -0.3 is 20.5 Å². The van der Waals surface area contributed by atoms with Gasteiger partial charge in [0.25, 0.3) is 0 Å². The maximum absolute atomic E-state index is 6.34. The van der Waals surface area contributed by atoms with E-state index in [1.165, 1.54) is 0 Å². The molecule has 0 radical (unpaired) electrons. The van der Waals surface area contributed by atoms with E-state index in [1.54, 1.807) is 20.4 Å². The maximum Gasteiger partial charge on any atom is 0.229 e.